The lowest BCUT2D eigenvalue weighted by atomic mass is 9.96. The van der Waals surface area contributed by atoms with Gasteiger partial charge in [0.2, 0.25) is 0 Å². The highest BCUT2D eigenvalue weighted by Gasteiger charge is 2.24. The molecule has 0 amide bonds. The lowest BCUT2D eigenvalue weighted by molar-refractivity contribution is 0.502. The fourth-order valence-electron chi connectivity index (χ4n) is 1.99. The van der Waals surface area contributed by atoms with E-state index in [1.807, 2.05) is 0 Å². The summed E-state index contributed by atoms with van der Waals surface area (Å²) >= 11 is 5.74. The SMILES string of the molecule is CC1CCNC1c1ccc(F)c(Cl)c1. The van der Waals surface area contributed by atoms with Crippen LogP contribution in [0.1, 0.15) is 24.9 Å². The first-order valence-corrected chi connectivity index (χ1v) is 5.24. The summed E-state index contributed by atoms with van der Waals surface area (Å²) in [6.45, 7) is 3.22. The molecule has 1 fully saturated rings. The third-order valence-electron chi connectivity index (χ3n) is 2.84. The first-order chi connectivity index (χ1) is 6.68. The molecule has 0 saturated carbocycles. The molecular formula is C11H13ClFN. The molecule has 1 saturated heterocycles. The standard InChI is InChI=1S/C11H13ClFN/c1-7-4-5-14-11(7)8-2-3-10(13)9(12)6-8/h2-3,6-7,11,14H,4-5H2,1H3. The summed E-state index contributed by atoms with van der Waals surface area (Å²) in [6, 6.07) is 5.29. The van der Waals surface area contributed by atoms with Crippen molar-refractivity contribution in [3.8, 4) is 0 Å². The van der Waals surface area contributed by atoms with Crippen molar-refractivity contribution in [3.05, 3.63) is 34.6 Å². The number of nitrogens with one attached hydrogen (secondary N) is 1. The van der Waals surface area contributed by atoms with Gasteiger partial charge in [0.05, 0.1) is 5.02 Å². The predicted octanol–water partition coefficient (Wildman–Crippen LogP) is 3.15. The molecular weight excluding hydrogens is 201 g/mol. The second kappa shape index (κ2) is 3.87. The Morgan fingerprint density at radius 1 is 1.50 bits per heavy atom. The third-order valence-corrected chi connectivity index (χ3v) is 3.13. The van der Waals surface area contributed by atoms with Gasteiger partial charge in [-0.3, -0.25) is 0 Å². The third kappa shape index (κ3) is 1.77. The van der Waals surface area contributed by atoms with E-state index in [1.54, 1.807) is 12.1 Å². The molecule has 1 heterocycles. The lowest BCUT2D eigenvalue weighted by Gasteiger charge is -2.16. The minimum absolute atomic E-state index is 0.211. The van der Waals surface area contributed by atoms with Crippen molar-refractivity contribution in [2.75, 3.05) is 6.54 Å². The van der Waals surface area contributed by atoms with Gasteiger partial charge in [0.25, 0.3) is 0 Å². The zero-order valence-electron chi connectivity index (χ0n) is 8.06. The number of hydrogen-bond acceptors (Lipinski definition) is 1. The first-order valence-electron chi connectivity index (χ1n) is 4.87. The summed E-state index contributed by atoms with van der Waals surface area (Å²) in [5.41, 5.74) is 1.08. The van der Waals surface area contributed by atoms with Crippen molar-refractivity contribution in [1.29, 1.82) is 0 Å². The average Bonchev–Trinajstić information content (AvgIpc) is 2.57. The van der Waals surface area contributed by atoms with Crippen LogP contribution in [0.2, 0.25) is 5.02 Å². The van der Waals surface area contributed by atoms with Gasteiger partial charge in [0, 0.05) is 6.04 Å². The molecule has 14 heavy (non-hydrogen) atoms. The Morgan fingerprint density at radius 3 is 2.86 bits per heavy atom. The molecule has 1 nitrogen and oxygen atoms in total. The van der Waals surface area contributed by atoms with E-state index in [-0.39, 0.29) is 10.8 Å². The minimum Gasteiger partial charge on any atom is -0.310 e. The fraction of sp³-hybridized carbons (Fsp3) is 0.455. The van der Waals surface area contributed by atoms with Crippen molar-refractivity contribution in [3.63, 3.8) is 0 Å². The highest BCUT2D eigenvalue weighted by molar-refractivity contribution is 6.30. The van der Waals surface area contributed by atoms with Crippen molar-refractivity contribution in [2.24, 2.45) is 5.92 Å². The quantitative estimate of drug-likeness (QED) is 0.756. The zero-order chi connectivity index (χ0) is 10.1. The summed E-state index contributed by atoms with van der Waals surface area (Å²) in [5, 5.41) is 3.60. The first kappa shape index (κ1) is 9.94. The summed E-state index contributed by atoms with van der Waals surface area (Å²) in [6.07, 6.45) is 1.17. The van der Waals surface area contributed by atoms with E-state index >= 15 is 0 Å². The second-order valence-corrected chi connectivity index (χ2v) is 4.28. The fourth-order valence-corrected chi connectivity index (χ4v) is 2.18. The molecule has 0 bridgehead atoms. The molecule has 2 unspecified atom stereocenters. The van der Waals surface area contributed by atoms with Gasteiger partial charge in [-0.15, -0.1) is 0 Å². The molecule has 1 aliphatic rings. The predicted molar refractivity (Wildman–Crippen MR) is 55.9 cm³/mol. The van der Waals surface area contributed by atoms with Crippen LogP contribution in [0.5, 0.6) is 0 Å². The second-order valence-electron chi connectivity index (χ2n) is 3.87. The van der Waals surface area contributed by atoms with Gasteiger partial charge in [-0.1, -0.05) is 24.6 Å². The van der Waals surface area contributed by atoms with Gasteiger partial charge in [0.15, 0.2) is 0 Å². The molecule has 1 aromatic rings. The summed E-state index contributed by atoms with van der Waals surface area (Å²) in [7, 11) is 0. The number of hydrogen-bond donors (Lipinski definition) is 1. The molecule has 0 radical (unpaired) electrons. The van der Waals surface area contributed by atoms with Crippen LogP contribution in [0.15, 0.2) is 18.2 Å². The van der Waals surface area contributed by atoms with E-state index in [9.17, 15) is 4.39 Å². The van der Waals surface area contributed by atoms with Gasteiger partial charge in [0.1, 0.15) is 5.82 Å². The van der Waals surface area contributed by atoms with Gasteiger partial charge in [-0.05, 0) is 36.6 Å². The Bertz CT molecular complexity index is 340. The Morgan fingerprint density at radius 2 is 2.29 bits per heavy atom. The maximum atomic E-state index is 12.9. The van der Waals surface area contributed by atoms with E-state index in [0.29, 0.717) is 12.0 Å². The highest BCUT2D eigenvalue weighted by atomic mass is 35.5. The summed E-state index contributed by atoms with van der Waals surface area (Å²) in [5.74, 6) is 0.248. The van der Waals surface area contributed by atoms with Crippen LogP contribution in [0.4, 0.5) is 4.39 Å². The smallest absolute Gasteiger partial charge is 0.141 e. The topological polar surface area (TPSA) is 12.0 Å². The summed E-state index contributed by atoms with van der Waals surface area (Å²) in [4.78, 5) is 0. The van der Waals surface area contributed by atoms with Crippen LogP contribution >= 0.6 is 11.6 Å². The van der Waals surface area contributed by atoms with Crippen LogP contribution in [0.25, 0.3) is 0 Å². The Balaban J connectivity index is 2.28. The van der Waals surface area contributed by atoms with Crippen LogP contribution in [0, 0.1) is 11.7 Å². The lowest BCUT2D eigenvalue weighted by Crippen LogP contribution is -2.16. The maximum absolute atomic E-state index is 12.9. The van der Waals surface area contributed by atoms with E-state index in [0.717, 1.165) is 12.1 Å². The van der Waals surface area contributed by atoms with Crippen LogP contribution in [0.3, 0.4) is 0 Å². The molecule has 1 aliphatic heterocycles. The van der Waals surface area contributed by atoms with E-state index in [4.69, 9.17) is 11.6 Å². The van der Waals surface area contributed by atoms with E-state index in [1.165, 1.54) is 12.5 Å². The van der Waals surface area contributed by atoms with Crippen LogP contribution < -0.4 is 5.32 Å². The molecule has 2 rings (SSSR count). The van der Waals surface area contributed by atoms with Gasteiger partial charge in [-0.25, -0.2) is 4.39 Å². The van der Waals surface area contributed by atoms with Crippen LogP contribution in [-0.2, 0) is 0 Å². The highest BCUT2D eigenvalue weighted by Crippen LogP contribution is 2.30. The number of benzene rings is 1. The normalized spacial score (nSPS) is 26.8. The summed E-state index contributed by atoms with van der Waals surface area (Å²) < 4.78 is 12.9. The van der Waals surface area contributed by atoms with Crippen molar-refractivity contribution in [2.45, 2.75) is 19.4 Å². The van der Waals surface area contributed by atoms with Gasteiger partial charge in [-0.2, -0.15) is 0 Å². The van der Waals surface area contributed by atoms with Crippen LogP contribution in [-0.4, -0.2) is 6.54 Å². The largest absolute Gasteiger partial charge is 0.310 e. The maximum Gasteiger partial charge on any atom is 0.141 e. The van der Waals surface area contributed by atoms with Gasteiger partial charge < -0.3 is 5.32 Å². The molecule has 2 atom stereocenters. The Hall–Kier alpha value is -0.600. The Labute approximate surface area is 88.3 Å². The zero-order valence-corrected chi connectivity index (χ0v) is 8.81. The van der Waals surface area contributed by atoms with E-state index < -0.39 is 0 Å². The molecule has 1 N–H and O–H groups in total. The molecule has 1 aromatic carbocycles. The minimum atomic E-state index is -0.346. The van der Waals surface area contributed by atoms with Crippen molar-refractivity contribution >= 4 is 11.6 Å². The molecule has 0 spiro atoms. The number of halogens is 2. The number of rotatable bonds is 1. The molecule has 0 aliphatic carbocycles. The monoisotopic (exact) mass is 213 g/mol. The molecule has 76 valence electrons. The Kier molecular flexibility index (Phi) is 2.75. The van der Waals surface area contributed by atoms with Crippen molar-refractivity contribution in [1.82, 2.24) is 5.32 Å². The average molecular weight is 214 g/mol. The van der Waals surface area contributed by atoms with Crippen molar-refractivity contribution < 1.29 is 4.39 Å². The molecule has 3 heteroatoms. The molecule has 0 aromatic heterocycles. The van der Waals surface area contributed by atoms with E-state index in [2.05, 4.69) is 12.2 Å². The van der Waals surface area contributed by atoms with Gasteiger partial charge >= 0.3 is 0 Å².